The minimum absolute atomic E-state index is 0.196. The lowest BCUT2D eigenvalue weighted by atomic mass is 9.98. The molecule has 7 heteroatoms. The largest absolute Gasteiger partial charge is 0.444 e. The first-order chi connectivity index (χ1) is 13.3. The highest BCUT2D eigenvalue weighted by Gasteiger charge is 2.28. The number of ether oxygens (including phenoxy) is 1. The average Bonchev–Trinajstić information content (AvgIpc) is 2.65. The SMILES string of the molecule is CCCN1CCC(NC(=NC)NCC2CCCN(C(=O)OC(C)(C)C)C2)CC1. The lowest BCUT2D eigenvalue weighted by Gasteiger charge is -2.35. The number of guanidine groups is 1. The molecule has 2 heterocycles. The van der Waals surface area contributed by atoms with Crippen LogP contribution in [0.5, 0.6) is 0 Å². The van der Waals surface area contributed by atoms with Gasteiger partial charge in [-0.2, -0.15) is 0 Å². The number of nitrogens with zero attached hydrogens (tertiary/aromatic N) is 3. The zero-order valence-electron chi connectivity index (χ0n) is 18.6. The number of carbonyl (C=O) groups excluding carboxylic acids is 1. The molecule has 0 spiro atoms. The fraction of sp³-hybridized carbons (Fsp3) is 0.905. The molecule has 2 saturated heterocycles. The monoisotopic (exact) mass is 395 g/mol. The summed E-state index contributed by atoms with van der Waals surface area (Å²) in [5, 5.41) is 7.06. The topological polar surface area (TPSA) is 69.2 Å². The molecule has 2 fully saturated rings. The summed E-state index contributed by atoms with van der Waals surface area (Å²) in [6.07, 6.45) is 5.50. The molecule has 7 nitrogen and oxygen atoms in total. The summed E-state index contributed by atoms with van der Waals surface area (Å²) in [5.74, 6) is 1.30. The average molecular weight is 396 g/mol. The summed E-state index contributed by atoms with van der Waals surface area (Å²) in [4.78, 5) is 21.1. The van der Waals surface area contributed by atoms with E-state index in [1.807, 2.05) is 32.7 Å². The van der Waals surface area contributed by atoms with E-state index in [9.17, 15) is 4.79 Å². The highest BCUT2D eigenvalue weighted by atomic mass is 16.6. The van der Waals surface area contributed by atoms with Crippen LogP contribution in [0, 0.1) is 5.92 Å². The van der Waals surface area contributed by atoms with Gasteiger partial charge in [0.2, 0.25) is 0 Å². The lowest BCUT2D eigenvalue weighted by Crippen LogP contribution is -2.51. The van der Waals surface area contributed by atoms with Gasteiger partial charge in [0.1, 0.15) is 5.60 Å². The van der Waals surface area contributed by atoms with E-state index in [1.165, 1.54) is 13.0 Å². The maximum absolute atomic E-state index is 12.3. The Bertz CT molecular complexity index is 509. The molecule has 2 N–H and O–H groups in total. The van der Waals surface area contributed by atoms with Crippen LogP contribution in [0.4, 0.5) is 4.79 Å². The second-order valence-electron chi connectivity index (χ2n) is 9.15. The Labute approximate surface area is 171 Å². The highest BCUT2D eigenvalue weighted by molar-refractivity contribution is 5.80. The van der Waals surface area contributed by atoms with E-state index in [0.29, 0.717) is 12.0 Å². The molecule has 2 aliphatic heterocycles. The molecular weight excluding hydrogens is 354 g/mol. The van der Waals surface area contributed by atoms with E-state index in [4.69, 9.17) is 4.74 Å². The zero-order chi connectivity index (χ0) is 20.6. The van der Waals surface area contributed by atoms with Gasteiger partial charge in [0.05, 0.1) is 0 Å². The van der Waals surface area contributed by atoms with Gasteiger partial charge in [0.25, 0.3) is 0 Å². The summed E-state index contributed by atoms with van der Waals surface area (Å²) < 4.78 is 5.53. The maximum atomic E-state index is 12.3. The van der Waals surface area contributed by atoms with Crippen molar-refractivity contribution >= 4 is 12.1 Å². The van der Waals surface area contributed by atoms with Crippen LogP contribution in [0.15, 0.2) is 4.99 Å². The van der Waals surface area contributed by atoms with Crippen LogP contribution in [-0.4, -0.2) is 79.8 Å². The number of nitrogens with one attached hydrogen (secondary N) is 2. The summed E-state index contributed by atoms with van der Waals surface area (Å²) in [6, 6.07) is 0.490. The molecule has 0 aliphatic carbocycles. The van der Waals surface area contributed by atoms with E-state index in [-0.39, 0.29) is 6.09 Å². The quantitative estimate of drug-likeness (QED) is 0.553. The standard InChI is InChI=1S/C21H41N5O2/c1-6-11-25-13-9-18(10-14-25)24-19(22-5)23-15-17-8-7-12-26(16-17)20(27)28-21(2,3)4/h17-18H,6-16H2,1-5H3,(H2,22,23,24). The normalized spacial score (nSPS) is 22.8. The van der Waals surface area contributed by atoms with E-state index in [0.717, 1.165) is 64.4 Å². The fourth-order valence-electron chi connectivity index (χ4n) is 3.97. The third-order valence-corrected chi connectivity index (χ3v) is 5.42. The third-order valence-electron chi connectivity index (χ3n) is 5.42. The van der Waals surface area contributed by atoms with Crippen LogP contribution in [0.2, 0.25) is 0 Å². The van der Waals surface area contributed by atoms with Crippen molar-refractivity contribution in [2.24, 2.45) is 10.9 Å². The molecule has 2 rings (SSSR count). The Kier molecular flexibility index (Phi) is 8.86. The number of carbonyl (C=O) groups is 1. The number of amides is 1. The summed E-state index contributed by atoms with van der Waals surface area (Å²) >= 11 is 0. The van der Waals surface area contributed by atoms with Crippen molar-refractivity contribution in [2.45, 2.75) is 71.4 Å². The first-order valence-corrected chi connectivity index (χ1v) is 11.0. The molecule has 0 aromatic rings. The summed E-state index contributed by atoms with van der Waals surface area (Å²) in [5.41, 5.74) is -0.444. The van der Waals surface area contributed by atoms with Crippen molar-refractivity contribution in [3.63, 3.8) is 0 Å². The molecular formula is C21H41N5O2. The molecule has 0 aromatic heterocycles. The molecule has 1 unspecified atom stereocenters. The number of likely N-dealkylation sites (tertiary alicyclic amines) is 2. The Hall–Kier alpha value is -1.50. The Morgan fingerprint density at radius 3 is 2.50 bits per heavy atom. The molecule has 162 valence electrons. The van der Waals surface area contributed by atoms with Crippen LogP contribution in [0.25, 0.3) is 0 Å². The third kappa shape index (κ3) is 7.86. The highest BCUT2D eigenvalue weighted by Crippen LogP contribution is 2.19. The van der Waals surface area contributed by atoms with Gasteiger partial charge in [-0.05, 0) is 65.3 Å². The van der Waals surface area contributed by atoms with Crippen molar-refractivity contribution in [2.75, 3.05) is 46.3 Å². The van der Waals surface area contributed by atoms with Crippen molar-refractivity contribution in [1.82, 2.24) is 20.4 Å². The maximum Gasteiger partial charge on any atom is 0.410 e. The van der Waals surface area contributed by atoms with Gasteiger partial charge in [-0.15, -0.1) is 0 Å². The van der Waals surface area contributed by atoms with Gasteiger partial charge in [0, 0.05) is 45.8 Å². The second kappa shape index (κ2) is 10.9. The van der Waals surface area contributed by atoms with E-state index in [1.54, 1.807) is 0 Å². The zero-order valence-corrected chi connectivity index (χ0v) is 18.6. The Morgan fingerprint density at radius 1 is 1.18 bits per heavy atom. The van der Waals surface area contributed by atoms with Crippen molar-refractivity contribution in [3.05, 3.63) is 0 Å². The van der Waals surface area contributed by atoms with Crippen LogP contribution in [-0.2, 0) is 4.74 Å². The predicted octanol–water partition coefficient (Wildman–Crippen LogP) is 2.67. The fourth-order valence-corrected chi connectivity index (χ4v) is 3.97. The van der Waals surface area contributed by atoms with Gasteiger partial charge < -0.3 is 25.2 Å². The molecule has 0 radical (unpaired) electrons. The second-order valence-corrected chi connectivity index (χ2v) is 9.15. The molecule has 0 bridgehead atoms. The summed E-state index contributed by atoms with van der Waals surface area (Å²) in [6.45, 7) is 13.9. The Morgan fingerprint density at radius 2 is 1.89 bits per heavy atom. The van der Waals surface area contributed by atoms with Crippen LogP contribution in [0.1, 0.15) is 59.8 Å². The van der Waals surface area contributed by atoms with E-state index >= 15 is 0 Å². The Balaban J connectivity index is 1.73. The van der Waals surface area contributed by atoms with Crippen LogP contribution < -0.4 is 10.6 Å². The van der Waals surface area contributed by atoms with Gasteiger partial charge in [-0.25, -0.2) is 4.79 Å². The molecule has 28 heavy (non-hydrogen) atoms. The van der Waals surface area contributed by atoms with Gasteiger partial charge >= 0.3 is 6.09 Å². The molecule has 0 saturated carbocycles. The van der Waals surface area contributed by atoms with Gasteiger partial charge in [0.15, 0.2) is 5.96 Å². The smallest absolute Gasteiger partial charge is 0.410 e. The number of aliphatic imine (C=N–C) groups is 1. The minimum Gasteiger partial charge on any atom is -0.444 e. The van der Waals surface area contributed by atoms with Crippen LogP contribution in [0.3, 0.4) is 0 Å². The first kappa shape index (κ1) is 22.8. The van der Waals surface area contributed by atoms with Crippen molar-refractivity contribution < 1.29 is 9.53 Å². The van der Waals surface area contributed by atoms with Gasteiger partial charge in [-0.1, -0.05) is 6.92 Å². The summed E-state index contributed by atoms with van der Waals surface area (Å²) in [7, 11) is 1.83. The predicted molar refractivity (Wildman–Crippen MR) is 115 cm³/mol. The minimum atomic E-state index is -0.444. The number of rotatable bonds is 5. The van der Waals surface area contributed by atoms with Crippen LogP contribution >= 0.6 is 0 Å². The molecule has 1 atom stereocenters. The lowest BCUT2D eigenvalue weighted by molar-refractivity contribution is 0.0168. The van der Waals surface area contributed by atoms with Crippen molar-refractivity contribution in [3.8, 4) is 0 Å². The van der Waals surface area contributed by atoms with E-state index < -0.39 is 5.60 Å². The molecule has 1 amide bonds. The van der Waals surface area contributed by atoms with E-state index in [2.05, 4.69) is 27.4 Å². The first-order valence-electron chi connectivity index (χ1n) is 11.0. The number of piperidine rings is 2. The molecule has 2 aliphatic rings. The molecule has 0 aromatic carbocycles. The number of hydrogen-bond donors (Lipinski definition) is 2. The van der Waals surface area contributed by atoms with Crippen molar-refractivity contribution in [1.29, 1.82) is 0 Å². The van der Waals surface area contributed by atoms with Gasteiger partial charge in [-0.3, -0.25) is 4.99 Å². The number of hydrogen-bond acceptors (Lipinski definition) is 4.